The van der Waals surface area contributed by atoms with Crippen molar-refractivity contribution in [2.45, 2.75) is 33.2 Å². The van der Waals surface area contributed by atoms with Crippen LogP contribution in [0.2, 0.25) is 0 Å². The maximum atomic E-state index is 12.2. The predicted octanol–water partition coefficient (Wildman–Crippen LogP) is 1.95. The minimum atomic E-state index is -3.72. The number of carboxylic acids is 1. The first-order chi connectivity index (χ1) is 8.96. The van der Waals surface area contributed by atoms with Crippen molar-refractivity contribution in [3.05, 3.63) is 35.9 Å². The van der Waals surface area contributed by atoms with E-state index >= 15 is 0 Å². The normalized spacial score (nSPS) is 15.6. The zero-order chi connectivity index (χ0) is 15.6. The number of nitrogens with one attached hydrogen (secondary N) is 1. The van der Waals surface area contributed by atoms with Crippen molar-refractivity contribution in [2.24, 2.45) is 5.41 Å². The fourth-order valence-corrected chi connectivity index (χ4v) is 3.95. The van der Waals surface area contributed by atoms with Crippen molar-refractivity contribution < 1.29 is 18.3 Å². The molecule has 0 aliphatic rings. The molecular formula is C14H21NO4S. The molecule has 0 aliphatic heterocycles. The largest absolute Gasteiger partial charge is 0.480 e. The molecule has 1 unspecified atom stereocenters. The molecule has 20 heavy (non-hydrogen) atoms. The highest BCUT2D eigenvalue weighted by atomic mass is 32.2. The minimum absolute atomic E-state index is 0.143. The Morgan fingerprint density at radius 3 is 2.05 bits per heavy atom. The van der Waals surface area contributed by atoms with Crippen LogP contribution in [0, 0.1) is 5.41 Å². The van der Waals surface area contributed by atoms with Gasteiger partial charge in [0.15, 0.2) is 5.54 Å². The van der Waals surface area contributed by atoms with Crippen LogP contribution >= 0.6 is 0 Å². The summed E-state index contributed by atoms with van der Waals surface area (Å²) in [6.45, 7) is 6.71. The van der Waals surface area contributed by atoms with Crippen LogP contribution in [0.25, 0.3) is 0 Å². The van der Waals surface area contributed by atoms with Gasteiger partial charge in [-0.05, 0) is 17.9 Å². The molecule has 0 aliphatic carbocycles. The second-order valence-electron chi connectivity index (χ2n) is 6.22. The van der Waals surface area contributed by atoms with E-state index in [2.05, 4.69) is 4.72 Å². The van der Waals surface area contributed by atoms with Crippen molar-refractivity contribution in [2.75, 3.05) is 5.75 Å². The van der Waals surface area contributed by atoms with Crippen molar-refractivity contribution in [3.8, 4) is 0 Å². The van der Waals surface area contributed by atoms with Crippen LogP contribution in [-0.4, -0.2) is 25.2 Å². The van der Waals surface area contributed by atoms with Crippen molar-refractivity contribution >= 4 is 16.0 Å². The molecule has 0 aromatic heterocycles. The number of carbonyl (C=O) groups is 1. The summed E-state index contributed by atoms with van der Waals surface area (Å²) in [5.74, 6) is -1.38. The van der Waals surface area contributed by atoms with Gasteiger partial charge in [0.05, 0.1) is 5.75 Å². The van der Waals surface area contributed by atoms with E-state index in [-0.39, 0.29) is 5.75 Å². The first-order valence-electron chi connectivity index (χ1n) is 6.27. The van der Waals surface area contributed by atoms with Gasteiger partial charge in [-0.3, -0.25) is 0 Å². The number of aliphatic carboxylic acids is 1. The SMILES string of the molecule is CC(C)(C)CS(=O)(=O)NC(C)(C(=O)O)c1ccccc1. The second-order valence-corrected chi connectivity index (χ2v) is 7.94. The van der Waals surface area contributed by atoms with E-state index in [0.717, 1.165) is 0 Å². The van der Waals surface area contributed by atoms with Crippen LogP contribution in [0.5, 0.6) is 0 Å². The van der Waals surface area contributed by atoms with Crippen LogP contribution in [0.4, 0.5) is 0 Å². The molecular weight excluding hydrogens is 278 g/mol. The zero-order valence-electron chi connectivity index (χ0n) is 12.2. The monoisotopic (exact) mass is 299 g/mol. The fraction of sp³-hybridized carbons (Fsp3) is 0.500. The summed E-state index contributed by atoms with van der Waals surface area (Å²) in [5.41, 5.74) is -1.74. The number of carboxylic acid groups (broad SMARTS) is 1. The molecule has 1 aromatic rings. The van der Waals surface area contributed by atoms with E-state index in [4.69, 9.17) is 0 Å². The predicted molar refractivity (Wildman–Crippen MR) is 77.8 cm³/mol. The van der Waals surface area contributed by atoms with Crippen LogP contribution in [0.1, 0.15) is 33.3 Å². The Bertz CT molecular complexity index is 575. The molecule has 1 atom stereocenters. The molecule has 0 amide bonds. The Labute approximate surface area is 120 Å². The van der Waals surface area contributed by atoms with E-state index in [1.54, 1.807) is 51.1 Å². The lowest BCUT2D eigenvalue weighted by molar-refractivity contribution is -0.143. The number of hydrogen-bond acceptors (Lipinski definition) is 3. The molecule has 1 rings (SSSR count). The summed E-state index contributed by atoms with van der Waals surface area (Å²) < 4.78 is 26.6. The lowest BCUT2D eigenvalue weighted by Crippen LogP contribution is -2.51. The molecule has 112 valence electrons. The van der Waals surface area contributed by atoms with Gasteiger partial charge in [0.2, 0.25) is 10.0 Å². The Hall–Kier alpha value is -1.40. The summed E-state index contributed by atoms with van der Waals surface area (Å²) in [5, 5.41) is 9.42. The molecule has 0 spiro atoms. The van der Waals surface area contributed by atoms with Gasteiger partial charge in [0.25, 0.3) is 0 Å². The maximum absolute atomic E-state index is 12.2. The third-order valence-corrected chi connectivity index (χ3v) is 4.73. The second kappa shape index (κ2) is 5.54. The van der Waals surface area contributed by atoms with E-state index < -0.39 is 26.9 Å². The van der Waals surface area contributed by atoms with Gasteiger partial charge >= 0.3 is 5.97 Å². The Kier molecular flexibility index (Phi) is 4.61. The maximum Gasteiger partial charge on any atom is 0.329 e. The summed E-state index contributed by atoms with van der Waals surface area (Å²) in [6.07, 6.45) is 0. The van der Waals surface area contributed by atoms with Crippen LogP contribution in [-0.2, 0) is 20.4 Å². The highest BCUT2D eigenvalue weighted by molar-refractivity contribution is 7.89. The minimum Gasteiger partial charge on any atom is -0.480 e. The van der Waals surface area contributed by atoms with E-state index in [9.17, 15) is 18.3 Å². The molecule has 0 bridgehead atoms. The smallest absolute Gasteiger partial charge is 0.329 e. The average Bonchev–Trinajstić information content (AvgIpc) is 2.25. The van der Waals surface area contributed by atoms with Crippen LogP contribution < -0.4 is 4.72 Å². The number of sulfonamides is 1. The number of rotatable bonds is 5. The van der Waals surface area contributed by atoms with E-state index in [1.165, 1.54) is 6.92 Å². The van der Waals surface area contributed by atoms with Crippen molar-refractivity contribution in [1.82, 2.24) is 4.72 Å². The number of benzene rings is 1. The van der Waals surface area contributed by atoms with Gasteiger partial charge in [-0.1, -0.05) is 51.1 Å². The topological polar surface area (TPSA) is 83.5 Å². The van der Waals surface area contributed by atoms with Crippen molar-refractivity contribution in [3.63, 3.8) is 0 Å². The molecule has 2 N–H and O–H groups in total. The molecule has 5 nitrogen and oxygen atoms in total. The van der Waals surface area contributed by atoms with E-state index in [0.29, 0.717) is 5.56 Å². The van der Waals surface area contributed by atoms with Gasteiger partial charge < -0.3 is 5.11 Å². The summed E-state index contributed by atoms with van der Waals surface area (Å²) >= 11 is 0. The molecule has 0 fully saturated rings. The Morgan fingerprint density at radius 2 is 1.65 bits per heavy atom. The van der Waals surface area contributed by atoms with E-state index in [1.807, 2.05) is 0 Å². The van der Waals surface area contributed by atoms with Crippen LogP contribution in [0.15, 0.2) is 30.3 Å². The third kappa shape index (κ3) is 4.31. The van der Waals surface area contributed by atoms with Crippen molar-refractivity contribution in [1.29, 1.82) is 0 Å². The molecule has 6 heteroatoms. The Morgan fingerprint density at radius 1 is 1.15 bits per heavy atom. The molecule has 0 saturated heterocycles. The standard InChI is InChI=1S/C14H21NO4S/c1-13(2,3)10-20(18,19)15-14(4,12(16)17)11-8-6-5-7-9-11/h5-9,15H,10H2,1-4H3,(H,16,17). The quantitative estimate of drug-likeness (QED) is 0.870. The summed E-state index contributed by atoms with van der Waals surface area (Å²) in [6, 6.07) is 8.28. The van der Waals surface area contributed by atoms with Gasteiger partial charge in [0, 0.05) is 0 Å². The first-order valence-corrected chi connectivity index (χ1v) is 7.92. The van der Waals surface area contributed by atoms with Gasteiger partial charge in [-0.25, -0.2) is 13.2 Å². The zero-order valence-corrected chi connectivity index (χ0v) is 13.0. The molecule has 0 radical (unpaired) electrons. The van der Waals surface area contributed by atoms with Gasteiger partial charge in [0.1, 0.15) is 0 Å². The lowest BCUT2D eigenvalue weighted by atomic mass is 9.94. The molecule has 0 saturated carbocycles. The van der Waals surface area contributed by atoms with Gasteiger partial charge in [-0.2, -0.15) is 4.72 Å². The summed E-state index contributed by atoms with van der Waals surface area (Å²) in [7, 11) is -3.72. The molecule has 0 heterocycles. The highest BCUT2D eigenvalue weighted by Gasteiger charge is 2.40. The summed E-state index contributed by atoms with van der Waals surface area (Å²) in [4.78, 5) is 11.5. The number of hydrogen-bond donors (Lipinski definition) is 2. The van der Waals surface area contributed by atoms with Crippen LogP contribution in [0.3, 0.4) is 0 Å². The molecule has 1 aromatic carbocycles. The third-order valence-electron chi connectivity index (χ3n) is 2.76. The lowest BCUT2D eigenvalue weighted by Gasteiger charge is -2.28. The first kappa shape index (κ1) is 16.7. The average molecular weight is 299 g/mol. The Balaban J connectivity index is 3.15. The highest BCUT2D eigenvalue weighted by Crippen LogP contribution is 2.24. The van der Waals surface area contributed by atoms with Gasteiger partial charge in [-0.15, -0.1) is 0 Å². The fourth-order valence-electron chi connectivity index (χ4n) is 1.91.